The van der Waals surface area contributed by atoms with Crippen molar-refractivity contribution >= 4 is 142 Å². The average Bonchev–Trinajstić information content (AvgIpc) is 1.51. The van der Waals surface area contributed by atoms with Gasteiger partial charge in [-0.3, -0.25) is 0 Å². The Hall–Kier alpha value is -16.5. The summed E-state index contributed by atoms with van der Waals surface area (Å²) in [6, 6.07) is 166. The molecule has 0 aliphatic rings. The van der Waals surface area contributed by atoms with Crippen molar-refractivity contribution in [3.8, 4) is 95.2 Å². The van der Waals surface area contributed by atoms with E-state index in [1.54, 1.807) is 0 Å². The molecule has 0 saturated heterocycles. The molecule has 0 aliphatic carbocycles. The maximum Gasteiger partial charge on any atom is 0.137 e. The molecule has 0 N–H and O–H groups in total. The molecule has 0 amide bonds. The van der Waals surface area contributed by atoms with E-state index in [4.69, 9.17) is 4.42 Å². The Morgan fingerprint density at radius 2 is 0.403 bits per heavy atom. The molecule has 6 heteroatoms. The molecule has 0 fully saturated rings. The molecule has 26 rings (SSSR count). The number of hydrogen-bond donors (Lipinski definition) is 0. The molecule has 0 radical (unpaired) electrons. The third-order valence-corrected chi connectivity index (χ3v) is 25.7. The van der Waals surface area contributed by atoms with E-state index in [1.165, 1.54) is 176 Å². The average molecular weight is 1580 g/mol. The monoisotopic (exact) mass is 1580 g/mol. The van der Waals surface area contributed by atoms with Gasteiger partial charge in [0.05, 0.1) is 55.2 Å². The Bertz CT molecular complexity index is 8760. The van der Waals surface area contributed by atoms with Gasteiger partial charge in [0.2, 0.25) is 0 Å². The zero-order valence-electron chi connectivity index (χ0n) is 67.4. The molecule has 124 heavy (non-hydrogen) atoms. The van der Waals surface area contributed by atoms with Crippen LogP contribution in [-0.2, 0) is 0 Å². The zero-order chi connectivity index (χ0) is 81.5. The van der Waals surface area contributed by atoms with Gasteiger partial charge in [0.1, 0.15) is 11.2 Å². The summed E-state index contributed by atoms with van der Waals surface area (Å²) in [6.45, 7) is 0. The Kier molecular flexibility index (Phi) is 16.3. The van der Waals surface area contributed by atoms with Crippen molar-refractivity contribution in [2.75, 3.05) is 0 Å². The summed E-state index contributed by atoms with van der Waals surface area (Å²) in [4.78, 5) is 0. The summed E-state index contributed by atoms with van der Waals surface area (Å²) in [6.07, 6.45) is 0. The van der Waals surface area contributed by atoms with Gasteiger partial charge in [-0.25, -0.2) is 0 Å². The topological polar surface area (TPSA) is 37.8 Å². The van der Waals surface area contributed by atoms with Gasteiger partial charge in [0.25, 0.3) is 0 Å². The number of fused-ring (bicyclic) bond motifs is 19. The maximum absolute atomic E-state index is 6.45. The molecule has 0 unspecified atom stereocenters. The third-order valence-electron chi connectivity index (χ3n) is 25.7. The second-order valence-electron chi connectivity index (χ2n) is 32.7. The van der Waals surface area contributed by atoms with E-state index >= 15 is 0 Å². The summed E-state index contributed by atoms with van der Waals surface area (Å²) in [5.41, 5.74) is 33.7. The Balaban J connectivity index is 0.000000138. The van der Waals surface area contributed by atoms with Crippen LogP contribution in [0.15, 0.2) is 459 Å². The number of rotatable bonds is 11. The van der Waals surface area contributed by atoms with Crippen LogP contribution in [0.25, 0.3) is 237 Å². The number of nitrogens with zero attached hydrogens (tertiary/aromatic N) is 5. The number of aromatic nitrogens is 5. The van der Waals surface area contributed by atoms with Gasteiger partial charge in [-0.2, -0.15) is 0 Å². The highest BCUT2D eigenvalue weighted by molar-refractivity contribution is 6.22. The van der Waals surface area contributed by atoms with Gasteiger partial charge in [0.15, 0.2) is 0 Å². The van der Waals surface area contributed by atoms with E-state index in [0.29, 0.717) is 0 Å². The van der Waals surface area contributed by atoms with Crippen LogP contribution in [0.5, 0.6) is 0 Å². The molecular weight excluding hydrogens is 1500 g/mol. The minimum absolute atomic E-state index is 0.892. The molecule has 6 aromatic heterocycles. The van der Waals surface area contributed by atoms with Gasteiger partial charge in [0, 0.05) is 99.1 Å². The van der Waals surface area contributed by atoms with E-state index in [2.05, 4.69) is 472 Å². The lowest BCUT2D eigenvalue weighted by molar-refractivity contribution is 0.669. The Labute approximate surface area is 714 Å². The Morgan fingerprint density at radius 3 is 0.847 bits per heavy atom. The predicted octanol–water partition coefficient (Wildman–Crippen LogP) is 31.9. The number of para-hydroxylation sites is 4. The predicted molar refractivity (Wildman–Crippen MR) is 522 cm³/mol. The van der Waals surface area contributed by atoms with E-state index in [9.17, 15) is 0 Å². The molecule has 26 aromatic rings. The SMILES string of the molecule is c1ccc(-c2ccc(-n3c4ccccc4c4cc(-c5ccc6c(c5)c5cc7c(cc5n6-c5cccc(-c6ccccc6)c5)oc5ccccc57)ccc43)cc2)cc1.c1ccc(-c2ccc(-n3c4ccccc4c4cc(-c5ccc6c(c5)c5cc7c8ccccc8n(-c8ccc9ccccc9c8)c7cc5n6-c5cccc(-c6ccccc6)c5)ccc43)cc2)cc1. The fourth-order valence-electron chi connectivity index (χ4n) is 19.9. The van der Waals surface area contributed by atoms with Crippen LogP contribution in [0.2, 0.25) is 0 Å². The largest absolute Gasteiger partial charge is 0.456 e. The number of furan rings is 1. The van der Waals surface area contributed by atoms with Crippen molar-refractivity contribution in [2.45, 2.75) is 0 Å². The summed E-state index contributed by atoms with van der Waals surface area (Å²) in [5, 5.41) is 17.0. The lowest BCUT2D eigenvalue weighted by atomic mass is 10.00. The first-order valence-corrected chi connectivity index (χ1v) is 42.6. The summed E-state index contributed by atoms with van der Waals surface area (Å²) in [5.74, 6) is 0. The first-order chi connectivity index (χ1) is 61.5. The normalized spacial score (nSPS) is 11.9. The van der Waals surface area contributed by atoms with Crippen LogP contribution in [-0.4, -0.2) is 22.8 Å². The Morgan fingerprint density at radius 1 is 0.121 bits per heavy atom. The summed E-state index contributed by atoms with van der Waals surface area (Å²) < 4.78 is 18.6. The van der Waals surface area contributed by atoms with Crippen molar-refractivity contribution in [1.29, 1.82) is 0 Å². The quantitative estimate of drug-likeness (QED) is 0.127. The van der Waals surface area contributed by atoms with Gasteiger partial charge < -0.3 is 27.3 Å². The molecule has 0 bridgehead atoms. The van der Waals surface area contributed by atoms with Crippen LogP contribution in [0.1, 0.15) is 0 Å². The van der Waals surface area contributed by atoms with Crippen molar-refractivity contribution in [3.63, 3.8) is 0 Å². The van der Waals surface area contributed by atoms with Gasteiger partial charge in [-0.15, -0.1) is 0 Å². The lowest BCUT2D eigenvalue weighted by Crippen LogP contribution is -1.96. The molecule has 578 valence electrons. The first kappa shape index (κ1) is 70.5. The molecule has 0 atom stereocenters. The standard InChI is InChI=1S/C64H41N3.C54H34N2O/c1-3-14-42(15-4-1)45-26-31-50(32-27-45)65-59-24-11-9-22-53(59)55-38-48(29-34-61(55)65)49-30-35-62-56(39-49)58-40-57-54-23-10-12-25-60(54)67(52-33-28-44-18-7-8-19-46(44)37-52)63(57)41-64(58)66(62)51-21-13-20-47(36-51)43-16-5-2-6-17-43;1-3-12-35(13-4-1)37-22-26-41(27-23-37)55-49-20-9-7-18-43(49)45-31-39(24-28-50(45)55)40-25-29-51-46(32-40)47-33-48-44-19-8-10-21-53(44)57-54(48)34-52(47)56(51)42-17-11-16-38(30-42)36-14-5-2-6-15-36/h1-41H;1-34H. The second kappa shape index (κ2) is 28.6. The molecule has 0 aliphatic heterocycles. The molecule has 0 spiro atoms. The van der Waals surface area contributed by atoms with E-state index in [0.717, 1.165) is 61.4 Å². The van der Waals surface area contributed by atoms with Crippen LogP contribution in [0.3, 0.4) is 0 Å². The number of hydrogen-bond acceptors (Lipinski definition) is 1. The van der Waals surface area contributed by atoms with Crippen LogP contribution >= 0.6 is 0 Å². The van der Waals surface area contributed by atoms with E-state index in [-0.39, 0.29) is 0 Å². The zero-order valence-corrected chi connectivity index (χ0v) is 67.4. The van der Waals surface area contributed by atoms with Gasteiger partial charge in [-0.1, -0.05) is 297 Å². The molecule has 20 aromatic carbocycles. The van der Waals surface area contributed by atoms with E-state index < -0.39 is 0 Å². The van der Waals surface area contributed by atoms with Crippen molar-refractivity contribution in [1.82, 2.24) is 22.8 Å². The highest BCUT2D eigenvalue weighted by atomic mass is 16.3. The minimum atomic E-state index is 0.892. The summed E-state index contributed by atoms with van der Waals surface area (Å²) >= 11 is 0. The van der Waals surface area contributed by atoms with Gasteiger partial charge >= 0.3 is 0 Å². The van der Waals surface area contributed by atoms with Crippen molar-refractivity contribution < 1.29 is 4.42 Å². The van der Waals surface area contributed by atoms with E-state index in [1.807, 2.05) is 6.07 Å². The third kappa shape index (κ3) is 11.6. The molecule has 6 nitrogen and oxygen atoms in total. The minimum Gasteiger partial charge on any atom is -0.456 e. The van der Waals surface area contributed by atoms with Crippen molar-refractivity contribution in [3.05, 3.63) is 455 Å². The first-order valence-electron chi connectivity index (χ1n) is 42.6. The molecule has 0 saturated carbocycles. The van der Waals surface area contributed by atoms with Crippen LogP contribution in [0, 0.1) is 0 Å². The highest BCUT2D eigenvalue weighted by Gasteiger charge is 2.24. The van der Waals surface area contributed by atoms with Crippen molar-refractivity contribution in [2.24, 2.45) is 0 Å². The fourth-order valence-corrected chi connectivity index (χ4v) is 19.9. The lowest BCUT2D eigenvalue weighted by Gasteiger charge is -2.12. The van der Waals surface area contributed by atoms with Crippen LogP contribution in [0.4, 0.5) is 0 Å². The second-order valence-corrected chi connectivity index (χ2v) is 32.7. The molecule has 6 heterocycles. The fraction of sp³-hybridized carbons (Fsp3) is 0. The smallest absolute Gasteiger partial charge is 0.137 e. The van der Waals surface area contributed by atoms with Crippen LogP contribution < -0.4 is 0 Å². The maximum atomic E-state index is 6.45. The highest BCUT2D eigenvalue weighted by Crippen LogP contribution is 2.47. The summed E-state index contributed by atoms with van der Waals surface area (Å²) in [7, 11) is 0. The van der Waals surface area contributed by atoms with Gasteiger partial charge in [-0.05, 0) is 229 Å². The molecular formula is C118H75N5O. The number of benzene rings is 20.